The van der Waals surface area contributed by atoms with Gasteiger partial charge in [-0.1, -0.05) is 24.3 Å². The Bertz CT molecular complexity index is 1430. The van der Waals surface area contributed by atoms with Crippen LogP contribution in [0.5, 0.6) is 11.5 Å². The number of hydrogen-bond acceptors (Lipinski definition) is 7. The van der Waals surface area contributed by atoms with E-state index in [1.807, 2.05) is 37.3 Å². The van der Waals surface area contributed by atoms with Crippen molar-refractivity contribution in [3.05, 3.63) is 83.7 Å². The summed E-state index contributed by atoms with van der Waals surface area (Å²) in [5, 5.41) is 2.77. The Morgan fingerprint density at radius 3 is 2.55 bits per heavy atom. The van der Waals surface area contributed by atoms with Crippen molar-refractivity contribution < 1.29 is 26.7 Å². The highest BCUT2D eigenvalue weighted by molar-refractivity contribution is 7.91. The molecule has 168 valence electrons. The van der Waals surface area contributed by atoms with Gasteiger partial charge in [0.1, 0.15) is 5.82 Å². The summed E-state index contributed by atoms with van der Waals surface area (Å²) in [6.07, 6.45) is 0. The number of fused-ring (bicyclic) bond motifs is 1. The average Bonchev–Trinajstić information content (AvgIpc) is 3.45. The number of hydrogen-bond donors (Lipinski definition) is 1. The van der Waals surface area contributed by atoms with Crippen molar-refractivity contribution in [3.8, 4) is 23.0 Å². The Balaban J connectivity index is 1.54. The Morgan fingerprint density at radius 2 is 1.76 bits per heavy atom. The third-order valence-corrected chi connectivity index (χ3v) is 6.92. The molecule has 0 saturated carbocycles. The van der Waals surface area contributed by atoms with Gasteiger partial charge in [0.05, 0.1) is 4.90 Å². The quantitative estimate of drug-likeness (QED) is 0.402. The minimum absolute atomic E-state index is 0.00440. The van der Waals surface area contributed by atoms with Crippen molar-refractivity contribution in [1.29, 1.82) is 0 Å². The van der Waals surface area contributed by atoms with Gasteiger partial charge in [-0.2, -0.15) is 4.98 Å². The van der Waals surface area contributed by atoms with Gasteiger partial charge >= 0.3 is 0 Å². The van der Waals surface area contributed by atoms with Crippen LogP contribution in [-0.2, 0) is 16.4 Å². The topological polar surface area (TPSA) is 90.7 Å². The number of nitrogens with one attached hydrogen (secondary N) is 1. The number of aromatic nitrogens is 1. The van der Waals surface area contributed by atoms with Crippen molar-refractivity contribution in [2.24, 2.45) is 0 Å². The van der Waals surface area contributed by atoms with Gasteiger partial charge in [0.2, 0.25) is 33.4 Å². The van der Waals surface area contributed by atoms with Crippen LogP contribution in [0.4, 0.5) is 10.3 Å². The summed E-state index contributed by atoms with van der Waals surface area (Å²) in [4.78, 5) is 4.24. The minimum Gasteiger partial charge on any atom is -0.454 e. The number of benzene rings is 3. The number of oxazole rings is 1. The van der Waals surface area contributed by atoms with E-state index in [0.717, 1.165) is 23.3 Å². The smallest absolute Gasteiger partial charge is 0.234 e. The highest BCUT2D eigenvalue weighted by Crippen LogP contribution is 2.35. The summed E-state index contributed by atoms with van der Waals surface area (Å²) in [7, 11) is -4.08. The molecule has 0 atom stereocenters. The zero-order chi connectivity index (χ0) is 23.0. The molecule has 1 aliphatic heterocycles. The molecule has 5 rings (SSSR count). The van der Waals surface area contributed by atoms with Crippen molar-refractivity contribution in [2.45, 2.75) is 23.4 Å². The lowest BCUT2D eigenvalue weighted by Crippen LogP contribution is -2.07. The van der Waals surface area contributed by atoms with E-state index >= 15 is 0 Å². The van der Waals surface area contributed by atoms with Gasteiger partial charge in [-0.25, -0.2) is 12.8 Å². The molecule has 0 amide bonds. The Labute approximate surface area is 189 Å². The standard InChI is InChI=1S/C24H19FN2O5S/c1-15-4-2-3-5-19(15)22-27-24(33(28,29)18-9-7-17(25)8-10-18)23(32-22)26-13-16-6-11-20-21(12-16)31-14-30-20/h2-12,26H,13-14H2,1H3. The summed E-state index contributed by atoms with van der Waals surface area (Å²) < 4.78 is 56.7. The van der Waals surface area contributed by atoms with Crippen molar-refractivity contribution in [3.63, 3.8) is 0 Å². The van der Waals surface area contributed by atoms with Crippen LogP contribution in [0.25, 0.3) is 11.5 Å². The average molecular weight is 466 g/mol. The monoisotopic (exact) mass is 466 g/mol. The lowest BCUT2D eigenvalue weighted by molar-refractivity contribution is 0.174. The van der Waals surface area contributed by atoms with Gasteiger partial charge in [-0.3, -0.25) is 0 Å². The van der Waals surface area contributed by atoms with E-state index in [4.69, 9.17) is 13.9 Å². The van der Waals surface area contributed by atoms with Crippen LogP contribution in [0.2, 0.25) is 0 Å². The molecule has 1 aromatic heterocycles. The maximum atomic E-state index is 13.4. The summed E-state index contributed by atoms with van der Waals surface area (Å²) in [5.41, 5.74) is 2.38. The first-order valence-corrected chi connectivity index (χ1v) is 11.6. The molecule has 0 aliphatic carbocycles. The van der Waals surface area contributed by atoms with Gasteiger partial charge in [0.25, 0.3) is 0 Å². The molecular formula is C24H19FN2O5S. The molecule has 9 heteroatoms. The molecular weight excluding hydrogens is 447 g/mol. The minimum atomic E-state index is -4.08. The lowest BCUT2D eigenvalue weighted by Gasteiger charge is -2.07. The number of ether oxygens (including phenoxy) is 2. The molecule has 3 aromatic carbocycles. The zero-order valence-corrected chi connectivity index (χ0v) is 18.4. The Morgan fingerprint density at radius 1 is 1.00 bits per heavy atom. The van der Waals surface area contributed by atoms with Crippen LogP contribution in [0, 0.1) is 12.7 Å². The fourth-order valence-corrected chi connectivity index (χ4v) is 4.77. The molecule has 0 radical (unpaired) electrons. The van der Waals surface area contributed by atoms with Gasteiger partial charge < -0.3 is 19.2 Å². The van der Waals surface area contributed by atoms with Crippen LogP contribution in [-0.4, -0.2) is 20.2 Å². The molecule has 4 aromatic rings. The van der Waals surface area contributed by atoms with Gasteiger partial charge in [-0.05, 0) is 60.5 Å². The second kappa shape index (κ2) is 8.25. The Kier molecular flexibility index (Phi) is 5.26. The SMILES string of the molecule is Cc1ccccc1-c1nc(S(=O)(=O)c2ccc(F)cc2)c(NCc2ccc3c(c2)OCO3)o1. The zero-order valence-electron chi connectivity index (χ0n) is 17.5. The largest absolute Gasteiger partial charge is 0.454 e. The number of nitrogens with zero attached hydrogens (tertiary/aromatic N) is 1. The molecule has 2 heterocycles. The predicted octanol–water partition coefficient (Wildman–Crippen LogP) is 4.96. The molecule has 0 fully saturated rings. The maximum Gasteiger partial charge on any atom is 0.234 e. The van der Waals surface area contributed by atoms with Crippen molar-refractivity contribution in [2.75, 3.05) is 12.1 Å². The fourth-order valence-electron chi connectivity index (χ4n) is 3.49. The maximum absolute atomic E-state index is 13.4. The normalized spacial score (nSPS) is 12.7. The second-order valence-corrected chi connectivity index (χ2v) is 9.33. The van der Waals surface area contributed by atoms with Crippen LogP contribution in [0.15, 0.2) is 81.1 Å². The van der Waals surface area contributed by atoms with Crippen molar-refractivity contribution >= 4 is 15.7 Å². The number of aryl methyl sites for hydroxylation is 1. The van der Waals surface area contributed by atoms with E-state index in [9.17, 15) is 12.8 Å². The van der Waals surface area contributed by atoms with E-state index in [0.29, 0.717) is 17.1 Å². The highest BCUT2D eigenvalue weighted by atomic mass is 32.2. The van der Waals surface area contributed by atoms with Crippen molar-refractivity contribution in [1.82, 2.24) is 4.98 Å². The molecule has 0 spiro atoms. The fraction of sp³-hybridized carbons (Fsp3) is 0.125. The van der Waals surface area contributed by atoms with Crippen LogP contribution in [0.3, 0.4) is 0 Å². The van der Waals surface area contributed by atoms with E-state index in [-0.39, 0.29) is 35.0 Å². The molecule has 0 saturated heterocycles. The number of halogens is 1. The molecule has 1 N–H and O–H groups in total. The van der Waals surface area contributed by atoms with E-state index in [1.54, 1.807) is 12.1 Å². The van der Waals surface area contributed by atoms with Crippen LogP contribution < -0.4 is 14.8 Å². The first-order chi connectivity index (χ1) is 15.9. The van der Waals surface area contributed by atoms with Crippen LogP contribution >= 0.6 is 0 Å². The lowest BCUT2D eigenvalue weighted by atomic mass is 10.1. The predicted molar refractivity (Wildman–Crippen MR) is 118 cm³/mol. The van der Waals surface area contributed by atoms with Gasteiger partial charge in [0.15, 0.2) is 11.5 Å². The first-order valence-electron chi connectivity index (χ1n) is 10.1. The van der Waals surface area contributed by atoms with Crippen LogP contribution in [0.1, 0.15) is 11.1 Å². The first kappa shape index (κ1) is 21.0. The number of sulfone groups is 1. The molecule has 1 aliphatic rings. The third kappa shape index (κ3) is 4.03. The molecule has 0 unspecified atom stereocenters. The summed E-state index contributed by atoms with van der Waals surface area (Å²) in [6, 6.07) is 17.4. The van der Waals surface area contributed by atoms with E-state index in [2.05, 4.69) is 10.3 Å². The second-order valence-electron chi connectivity index (χ2n) is 7.47. The van der Waals surface area contributed by atoms with E-state index in [1.165, 1.54) is 12.1 Å². The summed E-state index contributed by atoms with van der Waals surface area (Å²) in [5.74, 6) is 0.902. The molecule has 0 bridgehead atoms. The van der Waals surface area contributed by atoms with Gasteiger partial charge in [0, 0.05) is 12.1 Å². The van der Waals surface area contributed by atoms with Gasteiger partial charge in [-0.15, -0.1) is 0 Å². The molecule has 7 nitrogen and oxygen atoms in total. The highest BCUT2D eigenvalue weighted by Gasteiger charge is 2.29. The summed E-state index contributed by atoms with van der Waals surface area (Å²) in [6.45, 7) is 2.30. The third-order valence-electron chi connectivity index (χ3n) is 5.24. The Hall–Kier alpha value is -3.85. The summed E-state index contributed by atoms with van der Waals surface area (Å²) >= 11 is 0. The van der Waals surface area contributed by atoms with E-state index < -0.39 is 15.7 Å². The number of anilines is 1. The number of rotatable bonds is 6. The molecule has 33 heavy (non-hydrogen) atoms.